The van der Waals surface area contributed by atoms with Crippen LogP contribution in [0.4, 0.5) is 0 Å². The monoisotopic (exact) mass is 375 g/mol. The Morgan fingerprint density at radius 1 is 1.19 bits per heavy atom. The maximum atomic E-state index is 12.1. The molecule has 2 aromatic rings. The van der Waals surface area contributed by atoms with Crippen molar-refractivity contribution in [2.75, 3.05) is 53.6 Å². The number of rotatable bonds is 8. The Morgan fingerprint density at radius 2 is 1.96 bits per heavy atom. The largest absolute Gasteiger partial charge is 0.493 e. The van der Waals surface area contributed by atoms with Crippen LogP contribution < -0.4 is 14.8 Å². The number of nitrogens with zero attached hydrogens (tertiary/aromatic N) is 2. The van der Waals surface area contributed by atoms with E-state index in [1.807, 2.05) is 12.1 Å². The van der Waals surface area contributed by atoms with Crippen LogP contribution in [0.2, 0.25) is 0 Å². The van der Waals surface area contributed by atoms with E-state index in [0.717, 1.165) is 38.4 Å². The third kappa shape index (κ3) is 5.21. The molecule has 0 bridgehead atoms. The van der Waals surface area contributed by atoms with Gasteiger partial charge in [-0.05, 0) is 18.2 Å². The Kier molecular flexibility index (Phi) is 6.67. The van der Waals surface area contributed by atoms with Gasteiger partial charge in [0.25, 0.3) is 0 Å². The van der Waals surface area contributed by atoms with Crippen LogP contribution in [-0.2, 0) is 16.0 Å². The molecule has 0 spiro atoms. The first-order chi connectivity index (χ1) is 13.2. The van der Waals surface area contributed by atoms with E-state index in [1.54, 1.807) is 26.4 Å². The number of ether oxygens (including phenoxy) is 3. The topological polar surface area (TPSA) is 86.1 Å². The van der Waals surface area contributed by atoms with Gasteiger partial charge in [-0.15, -0.1) is 0 Å². The standard InChI is InChI=1S/C19H25N3O5/c1-24-16-4-3-14(11-18(16)25-2)17-12-15(21-27-17)13-19(23)20-5-6-22-7-9-26-10-8-22/h3-4,11-12H,5-10,13H2,1-2H3,(H,20,23). The van der Waals surface area contributed by atoms with Gasteiger partial charge >= 0.3 is 0 Å². The second-order valence-electron chi connectivity index (χ2n) is 6.23. The Balaban J connectivity index is 1.52. The van der Waals surface area contributed by atoms with Gasteiger partial charge in [0.1, 0.15) is 0 Å². The molecule has 2 heterocycles. The summed E-state index contributed by atoms with van der Waals surface area (Å²) < 4.78 is 21.2. The van der Waals surface area contributed by atoms with Gasteiger partial charge in [0, 0.05) is 37.8 Å². The Hall–Kier alpha value is -2.58. The molecule has 1 saturated heterocycles. The van der Waals surface area contributed by atoms with Gasteiger partial charge in [0.2, 0.25) is 5.91 Å². The number of carbonyl (C=O) groups excluding carboxylic acids is 1. The first-order valence-corrected chi connectivity index (χ1v) is 8.94. The van der Waals surface area contributed by atoms with E-state index in [2.05, 4.69) is 15.4 Å². The van der Waals surface area contributed by atoms with Crippen molar-refractivity contribution in [3.05, 3.63) is 30.0 Å². The number of aromatic nitrogens is 1. The Bertz CT molecular complexity index is 756. The molecule has 1 amide bonds. The molecule has 3 rings (SSSR count). The summed E-state index contributed by atoms with van der Waals surface area (Å²) in [6.45, 7) is 4.77. The lowest BCUT2D eigenvalue weighted by Crippen LogP contribution is -2.41. The Morgan fingerprint density at radius 3 is 2.70 bits per heavy atom. The third-order valence-electron chi connectivity index (χ3n) is 4.42. The fraction of sp³-hybridized carbons (Fsp3) is 0.474. The van der Waals surface area contributed by atoms with Crippen molar-refractivity contribution in [1.29, 1.82) is 0 Å². The minimum absolute atomic E-state index is 0.0737. The average Bonchev–Trinajstić information content (AvgIpc) is 3.16. The molecule has 27 heavy (non-hydrogen) atoms. The van der Waals surface area contributed by atoms with E-state index in [4.69, 9.17) is 18.7 Å². The quantitative estimate of drug-likeness (QED) is 0.745. The van der Waals surface area contributed by atoms with Gasteiger partial charge in [-0.3, -0.25) is 9.69 Å². The van der Waals surface area contributed by atoms with Crippen LogP contribution in [-0.4, -0.2) is 69.6 Å². The molecule has 1 aliphatic heterocycles. The van der Waals surface area contributed by atoms with Gasteiger partial charge in [-0.2, -0.15) is 0 Å². The number of methoxy groups -OCH3 is 2. The molecule has 0 aliphatic carbocycles. The smallest absolute Gasteiger partial charge is 0.226 e. The summed E-state index contributed by atoms with van der Waals surface area (Å²) in [7, 11) is 3.16. The first-order valence-electron chi connectivity index (χ1n) is 8.94. The lowest BCUT2D eigenvalue weighted by molar-refractivity contribution is -0.120. The van der Waals surface area contributed by atoms with Crippen molar-refractivity contribution >= 4 is 5.91 Å². The SMILES string of the molecule is COc1ccc(-c2cc(CC(=O)NCCN3CCOCC3)no2)cc1OC. The number of amides is 1. The summed E-state index contributed by atoms with van der Waals surface area (Å²) in [5.41, 5.74) is 1.39. The number of morpholine rings is 1. The number of benzene rings is 1. The molecule has 1 fully saturated rings. The number of nitrogens with one attached hydrogen (secondary N) is 1. The van der Waals surface area contributed by atoms with Crippen LogP contribution in [0.5, 0.6) is 11.5 Å². The zero-order valence-corrected chi connectivity index (χ0v) is 15.7. The number of hydrogen-bond acceptors (Lipinski definition) is 7. The molecule has 0 unspecified atom stereocenters. The summed E-state index contributed by atoms with van der Waals surface area (Å²) in [5, 5.41) is 6.91. The molecular formula is C19H25N3O5. The van der Waals surface area contributed by atoms with Crippen molar-refractivity contribution in [2.45, 2.75) is 6.42 Å². The molecule has 8 heteroatoms. The fourth-order valence-corrected chi connectivity index (χ4v) is 2.93. The first kappa shape index (κ1) is 19.2. The second-order valence-corrected chi connectivity index (χ2v) is 6.23. The van der Waals surface area contributed by atoms with Crippen LogP contribution in [0.1, 0.15) is 5.69 Å². The van der Waals surface area contributed by atoms with Gasteiger partial charge < -0.3 is 24.1 Å². The maximum Gasteiger partial charge on any atom is 0.226 e. The second kappa shape index (κ2) is 9.38. The molecule has 0 atom stereocenters. The van der Waals surface area contributed by atoms with Gasteiger partial charge in [-0.25, -0.2) is 0 Å². The highest BCUT2D eigenvalue weighted by Crippen LogP contribution is 2.32. The molecule has 1 aromatic carbocycles. The molecule has 146 valence electrons. The van der Waals surface area contributed by atoms with Crippen LogP contribution in [0, 0.1) is 0 Å². The summed E-state index contributed by atoms with van der Waals surface area (Å²) in [4.78, 5) is 14.4. The number of hydrogen-bond donors (Lipinski definition) is 1. The lowest BCUT2D eigenvalue weighted by Gasteiger charge is -2.26. The van der Waals surface area contributed by atoms with Crippen molar-refractivity contribution in [3.63, 3.8) is 0 Å². The summed E-state index contributed by atoms with van der Waals surface area (Å²) in [5.74, 6) is 1.75. The van der Waals surface area contributed by atoms with Crippen molar-refractivity contribution < 1.29 is 23.5 Å². The Labute approximate surface area is 158 Å². The van der Waals surface area contributed by atoms with E-state index in [-0.39, 0.29) is 12.3 Å². The highest BCUT2D eigenvalue weighted by molar-refractivity contribution is 5.78. The van der Waals surface area contributed by atoms with Crippen LogP contribution in [0.15, 0.2) is 28.8 Å². The number of carbonyl (C=O) groups is 1. The predicted molar refractivity (Wildman–Crippen MR) is 99.0 cm³/mol. The molecule has 1 aliphatic rings. The van der Waals surface area contributed by atoms with Crippen molar-refractivity contribution in [3.8, 4) is 22.8 Å². The van der Waals surface area contributed by atoms with Crippen molar-refractivity contribution in [1.82, 2.24) is 15.4 Å². The molecule has 0 saturated carbocycles. The highest BCUT2D eigenvalue weighted by Gasteiger charge is 2.14. The molecule has 1 aromatic heterocycles. The van der Waals surface area contributed by atoms with Crippen LogP contribution >= 0.6 is 0 Å². The van der Waals surface area contributed by atoms with E-state index in [0.29, 0.717) is 29.5 Å². The fourth-order valence-electron chi connectivity index (χ4n) is 2.93. The summed E-state index contributed by atoms with van der Waals surface area (Å²) >= 11 is 0. The summed E-state index contributed by atoms with van der Waals surface area (Å²) in [6, 6.07) is 7.23. The zero-order valence-electron chi connectivity index (χ0n) is 15.7. The zero-order chi connectivity index (χ0) is 19.1. The third-order valence-corrected chi connectivity index (χ3v) is 4.42. The molecule has 0 radical (unpaired) electrons. The molecular weight excluding hydrogens is 350 g/mol. The van der Waals surface area contributed by atoms with Gasteiger partial charge in [0.15, 0.2) is 17.3 Å². The molecule has 1 N–H and O–H groups in total. The minimum Gasteiger partial charge on any atom is -0.493 e. The minimum atomic E-state index is -0.0737. The van der Waals surface area contributed by atoms with Crippen molar-refractivity contribution in [2.24, 2.45) is 0 Å². The lowest BCUT2D eigenvalue weighted by atomic mass is 10.1. The van der Waals surface area contributed by atoms with E-state index in [1.165, 1.54) is 0 Å². The normalized spacial score (nSPS) is 14.7. The van der Waals surface area contributed by atoms with E-state index in [9.17, 15) is 4.79 Å². The van der Waals surface area contributed by atoms with Crippen LogP contribution in [0.3, 0.4) is 0 Å². The average molecular weight is 375 g/mol. The predicted octanol–water partition coefficient (Wildman–Crippen LogP) is 1.35. The van der Waals surface area contributed by atoms with E-state index >= 15 is 0 Å². The van der Waals surface area contributed by atoms with Gasteiger partial charge in [-0.1, -0.05) is 5.16 Å². The maximum absolute atomic E-state index is 12.1. The summed E-state index contributed by atoms with van der Waals surface area (Å²) in [6.07, 6.45) is 0.180. The van der Waals surface area contributed by atoms with Gasteiger partial charge in [0.05, 0.1) is 39.5 Å². The van der Waals surface area contributed by atoms with E-state index < -0.39 is 0 Å². The van der Waals surface area contributed by atoms with Crippen LogP contribution in [0.25, 0.3) is 11.3 Å². The highest BCUT2D eigenvalue weighted by atomic mass is 16.5. The molecule has 8 nitrogen and oxygen atoms in total.